The van der Waals surface area contributed by atoms with Crippen LogP contribution < -0.4 is 10.6 Å². The van der Waals surface area contributed by atoms with Gasteiger partial charge in [0.2, 0.25) is 5.91 Å². The fourth-order valence-corrected chi connectivity index (χ4v) is 2.87. The molecular formula is C12H19N3O4S. The number of carbonyl (C=O) groups excluding carboxylic acids is 1. The minimum Gasteiger partial charge on any atom is -0.388 e. The monoisotopic (exact) mass is 301 g/mol. The van der Waals surface area contributed by atoms with Crippen LogP contribution in [0.15, 0.2) is 6.07 Å². The van der Waals surface area contributed by atoms with Crippen LogP contribution in [0.25, 0.3) is 0 Å². The number of primary amides is 1. The van der Waals surface area contributed by atoms with Crippen molar-refractivity contribution in [2.24, 2.45) is 11.7 Å². The summed E-state index contributed by atoms with van der Waals surface area (Å²) < 4.78 is 0. The molecule has 1 heterocycles. The van der Waals surface area contributed by atoms with Crippen molar-refractivity contribution in [3.8, 4) is 0 Å². The van der Waals surface area contributed by atoms with Gasteiger partial charge in [0.15, 0.2) is 5.00 Å². The maximum absolute atomic E-state index is 11.2. The van der Waals surface area contributed by atoms with Crippen LogP contribution in [0.4, 0.5) is 10.7 Å². The van der Waals surface area contributed by atoms with E-state index in [-0.39, 0.29) is 18.2 Å². The lowest BCUT2D eigenvalue weighted by molar-refractivity contribution is -0.383. The van der Waals surface area contributed by atoms with Crippen molar-refractivity contribution < 1.29 is 14.8 Å². The molecule has 1 amide bonds. The van der Waals surface area contributed by atoms with E-state index in [0.29, 0.717) is 16.4 Å². The maximum Gasteiger partial charge on any atom is 0.304 e. The minimum atomic E-state index is -0.790. The highest BCUT2D eigenvalue weighted by molar-refractivity contribution is 7.16. The van der Waals surface area contributed by atoms with Gasteiger partial charge in [-0.1, -0.05) is 13.8 Å². The fraction of sp³-hybridized carbons (Fsp3) is 0.583. The summed E-state index contributed by atoms with van der Waals surface area (Å²) in [5.41, 5.74) is 5.10. The van der Waals surface area contributed by atoms with Gasteiger partial charge in [0.1, 0.15) is 0 Å². The van der Waals surface area contributed by atoms with Crippen molar-refractivity contribution in [1.29, 1.82) is 0 Å². The van der Waals surface area contributed by atoms with Crippen molar-refractivity contribution >= 4 is 27.9 Å². The lowest BCUT2D eigenvalue weighted by Crippen LogP contribution is -2.36. The zero-order valence-corrected chi connectivity index (χ0v) is 12.5. The van der Waals surface area contributed by atoms with Gasteiger partial charge in [-0.15, -0.1) is 11.3 Å². The Labute approximate surface area is 121 Å². The summed E-state index contributed by atoms with van der Waals surface area (Å²) >= 11 is 1.11. The van der Waals surface area contributed by atoms with Crippen molar-refractivity contribution in [3.05, 3.63) is 21.1 Å². The second-order valence-corrected chi connectivity index (χ2v) is 6.08. The van der Waals surface area contributed by atoms with Gasteiger partial charge in [0.05, 0.1) is 17.6 Å². The molecule has 0 aliphatic heterocycles. The van der Waals surface area contributed by atoms with Gasteiger partial charge < -0.3 is 15.7 Å². The summed E-state index contributed by atoms with van der Waals surface area (Å²) in [5, 5.41) is 21.0. The fourth-order valence-electron chi connectivity index (χ4n) is 1.80. The Morgan fingerprint density at radius 3 is 2.55 bits per heavy atom. The Bertz CT molecular complexity index is 499. The third kappa shape index (κ3) is 4.17. The summed E-state index contributed by atoms with van der Waals surface area (Å²) in [6.07, 6.45) is -0.790. The van der Waals surface area contributed by atoms with E-state index >= 15 is 0 Å². The number of thiophene rings is 1. The van der Waals surface area contributed by atoms with E-state index < -0.39 is 16.9 Å². The molecule has 0 saturated heterocycles. The predicted molar refractivity (Wildman–Crippen MR) is 77.9 cm³/mol. The van der Waals surface area contributed by atoms with E-state index in [1.807, 2.05) is 13.8 Å². The number of nitrogens with zero attached hydrogens (tertiary/aromatic N) is 2. The topological polar surface area (TPSA) is 110 Å². The van der Waals surface area contributed by atoms with Gasteiger partial charge in [0, 0.05) is 17.5 Å². The van der Waals surface area contributed by atoms with Crippen molar-refractivity contribution in [2.45, 2.75) is 26.9 Å². The highest BCUT2D eigenvalue weighted by Gasteiger charge is 2.26. The number of anilines is 1. The van der Waals surface area contributed by atoms with Crippen molar-refractivity contribution in [2.75, 3.05) is 18.0 Å². The smallest absolute Gasteiger partial charge is 0.304 e. The zero-order valence-electron chi connectivity index (χ0n) is 11.7. The lowest BCUT2D eigenvalue weighted by atomic mass is 10.2. The van der Waals surface area contributed by atoms with E-state index in [1.165, 1.54) is 6.07 Å². The van der Waals surface area contributed by atoms with Gasteiger partial charge in [-0.2, -0.15) is 0 Å². The first-order valence-corrected chi connectivity index (χ1v) is 7.03. The number of nitrogens with two attached hydrogens (primary N) is 1. The molecule has 1 aromatic heterocycles. The first-order chi connectivity index (χ1) is 9.22. The van der Waals surface area contributed by atoms with E-state index in [4.69, 9.17) is 5.73 Å². The van der Waals surface area contributed by atoms with Crippen LogP contribution in [0.3, 0.4) is 0 Å². The Balaban J connectivity index is 3.22. The first-order valence-electron chi connectivity index (χ1n) is 6.21. The van der Waals surface area contributed by atoms with Crippen LogP contribution in [0.5, 0.6) is 0 Å². The molecule has 20 heavy (non-hydrogen) atoms. The molecule has 0 saturated carbocycles. The van der Waals surface area contributed by atoms with E-state index in [0.717, 1.165) is 11.3 Å². The van der Waals surface area contributed by atoms with E-state index in [1.54, 1.807) is 11.8 Å². The summed E-state index contributed by atoms with van der Waals surface area (Å²) in [6, 6.07) is 1.35. The number of hydrogen-bond acceptors (Lipinski definition) is 6. The largest absolute Gasteiger partial charge is 0.388 e. The number of aliphatic hydroxyl groups excluding tert-OH is 1. The van der Waals surface area contributed by atoms with Crippen molar-refractivity contribution in [1.82, 2.24) is 0 Å². The molecular weight excluding hydrogens is 282 g/mol. The molecule has 0 aliphatic carbocycles. The Morgan fingerprint density at radius 1 is 1.55 bits per heavy atom. The average Bonchev–Trinajstić information content (AvgIpc) is 2.71. The highest BCUT2D eigenvalue weighted by atomic mass is 32.1. The molecule has 1 rings (SSSR count). The molecule has 0 bridgehead atoms. The summed E-state index contributed by atoms with van der Waals surface area (Å²) in [4.78, 5) is 23.9. The van der Waals surface area contributed by atoms with Crippen LogP contribution in [0, 0.1) is 16.0 Å². The molecule has 112 valence electrons. The quantitative estimate of drug-likeness (QED) is 0.588. The summed E-state index contributed by atoms with van der Waals surface area (Å²) in [5.74, 6) is -0.335. The number of nitro groups is 1. The first kappa shape index (κ1) is 16.4. The van der Waals surface area contributed by atoms with Gasteiger partial charge in [-0.05, 0) is 12.8 Å². The van der Waals surface area contributed by atoms with Crippen LogP contribution in [0.1, 0.15) is 31.8 Å². The second-order valence-electron chi connectivity index (χ2n) is 5.01. The number of aliphatic hydroxyl groups is 1. The number of rotatable bonds is 7. The molecule has 7 nitrogen and oxygen atoms in total. The standard InChI is InChI=1S/C12H19N3O4S/c1-7(2)5-14(6-11(13)17)12-9(15(18)19)4-10(20-12)8(3)16/h4,7-8,16H,5-6H2,1-3H3,(H2,13,17)/t8-/m1/s1. The molecule has 0 fully saturated rings. The van der Waals surface area contributed by atoms with E-state index in [2.05, 4.69) is 0 Å². The predicted octanol–water partition coefficient (Wildman–Crippen LogP) is 1.66. The summed E-state index contributed by atoms with van der Waals surface area (Å²) in [6.45, 7) is 5.83. The highest BCUT2D eigenvalue weighted by Crippen LogP contribution is 2.40. The molecule has 0 radical (unpaired) electrons. The van der Waals surface area contributed by atoms with Crippen molar-refractivity contribution in [3.63, 3.8) is 0 Å². The molecule has 3 N–H and O–H groups in total. The van der Waals surface area contributed by atoms with E-state index in [9.17, 15) is 20.0 Å². The number of hydrogen-bond donors (Lipinski definition) is 2. The zero-order chi connectivity index (χ0) is 15.4. The number of carbonyl (C=O) groups is 1. The third-order valence-electron chi connectivity index (χ3n) is 2.54. The van der Waals surface area contributed by atoms with Crippen LogP contribution >= 0.6 is 11.3 Å². The molecule has 1 aromatic rings. The molecule has 1 atom stereocenters. The summed E-state index contributed by atoms with van der Waals surface area (Å²) in [7, 11) is 0. The Kier molecular flexibility index (Phi) is 5.46. The third-order valence-corrected chi connectivity index (χ3v) is 3.90. The Hall–Kier alpha value is -1.67. The minimum absolute atomic E-state index is 0.0845. The van der Waals surface area contributed by atoms with Gasteiger partial charge in [-0.3, -0.25) is 14.9 Å². The van der Waals surface area contributed by atoms with Crippen LogP contribution in [-0.2, 0) is 4.79 Å². The molecule has 0 spiro atoms. The molecule has 8 heteroatoms. The number of amides is 1. The van der Waals surface area contributed by atoms with Gasteiger partial charge >= 0.3 is 5.69 Å². The van der Waals surface area contributed by atoms with Gasteiger partial charge in [0.25, 0.3) is 0 Å². The molecule has 0 aliphatic rings. The van der Waals surface area contributed by atoms with Gasteiger partial charge in [-0.25, -0.2) is 0 Å². The normalized spacial score (nSPS) is 12.4. The molecule has 0 unspecified atom stereocenters. The average molecular weight is 301 g/mol. The Morgan fingerprint density at radius 2 is 2.15 bits per heavy atom. The lowest BCUT2D eigenvalue weighted by Gasteiger charge is -2.22. The maximum atomic E-state index is 11.2. The molecule has 0 aromatic carbocycles. The SMILES string of the molecule is CC(C)CN(CC(N)=O)c1sc([C@@H](C)O)cc1[N+](=O)[O-]. The second kappa shape index (κ2) is 6.67. The van der Waals surface area contributed by atoms with Crippen LogP contribution in [0.2, 0.25) is 0 Å². The van der Waals surface area contributed by atoms with Crippen LogP contribution in [-0.4, -0.2) is 29.0 Å².